The molecule has 2 aromatic rings. The Morgan fingerprint density at radius 3 is 2.45 bits per heavy atom. The van der Waals surface area contributed by atoms with E-state index < -0.39 is 23.2 Å². The van der Waals surface area contributed by atoms with Crippen LogP contribution in [0.1, 0.15) is 27.3 Å². The third-order valence-electron chi connectivity index (χ3n) is 2.84. The topological polar surface area (TPSA) is 57.8 Å². The number of amides is 1. The number of aryl methyl sites for hydroxylation is 2. The number of hydrogen-bond donors (Lipinski definition) is 2. The summed E-state index contributed by atoms with van der Waals surface area (Å²) in [5.74, 6) is -0.814. The number of alkyl halides is 3. The van der Waals surface area contributed by atoms with Crippen LogP contribution in [0, 0.1) is 13.8 Å². The third kappa shape index (κ3) is 2.66. The van der Waals surface area contributed by atoms with E-state index >= 15 is 0 Å². The number of rotatable bonds is 2. The summed E-state index contributed by atoms with van der Waals surface area (Å²) in [5, 5.41) is 8.98. The molecule has 0 aliphatic heterocycles. The highest BCUT2D eigenvalue weighted by atomic mass is 19.4. The van der Waals surface area contributed by atoms with E-state index in [1.54, 1.807) is 13.8 Å². The van der Waals surface area contributed by atoms with Gasteiger partial charge in [0.15, 0.2) is 0 Å². The molecule has 0 bridgehead atoms. The van der Waals surface area contributed by atoms with Gasteiger partial charge in [-0.15, -0.1) is 0 Å². The predicted molar refractivity (Wildman–Crippen MR) is 67.5 cm³/mol. The molecule has 0 saturated carbocycles. The number of aromatic amines is 1. The number of hydrogen-bond acceptors (Lipinski definition) is 2. The summed E-state index contributed by atoms with van der Waals surface area (Å²) in [6.07, 6.45) is -4.57. The summed E-state index contributed by atoms with van der Waals surface area (Å²) in [5.41, 5.74) is 0.115. The van der Waals surface area contributed by atoms with Crippen molar-refractivity contribution in [3.63, 3.8) is 0 Å². The van der Waals surface area contributed by atoms with Gasteiger partial charge in [-0.05, 0) is 26.0 Å². The van der Waals surface area contributed by atoms with Crippen LogP contribution in [0.4, 0.5) is 18.9 Å². The monoisotopic (exact) mass is 283 g/mol. The van der Waals surface area contributed by atoms with E-state index in [-0.39, 0.29) is 0 Å². The zero-order valence-corrected chi connectivity index (χ0v) is 10.8. The summed E-state index contributed by atoms with van der Waals surface area (Å²) < 4.78 is 38.5. The molecule has 0 fully saturated rings. The molecule has 1 aromatic heterocycles. The molecule has 20 heavy (non-hydrogen) atoms. The first-order chi connectivity index (χ1) is 9.30. The minimum Gasteiger partial charge on any atom is -0.319 e. The smallest absolute Gasteiger partial charge is 0.319 e. The van der Waals surface area contributed by atoms with Crippen LogP contribution in [0.3, 0.4) is 0 Å². The number of anilines is 1. The second kappa shape index (κ2) is 4.99. The molecule has 7 heteroatoms. The molecule has 1 aromatic carbocycles. The lowest BCUT2D eigenvalue weighted by Crippen LogP contribution is -2.19. The van der Waals surface area contributed by atoms with Gasteiger partial charge in [-0.1, -0.05) is 12.1 Å². The van der Waals surface area contributed by atoms with Gasteiger partial charge in [-0.3, -0.25) is 9.89 Å². The fraction of sp³-hybridized carbons (Fsp3) is 0.231. The molecular weight excluding hydrogens is 271 g/mol. The van der Waals surface area contributed by atoms with Crippen LogP contribution in [0.15, 0.2) is 24.3 Å². The second-order valence-electron chi connectivity index (χ2n) is 4.31. The van der Waals surface area contributed by atoms with Gasteiger partial charge in [0.25, 0.3) is 5.91 Å². The van der Waals surface area contributed by atoms with Crippen LogP contribution in [-0.4, -0.2) is 16.1 Å². The Bertz CT molecular complexity index is 627. The normalized spacial score (nSPS) is 11.4. The number of H-pyrrole nitrogens is 1. The molecule has 2 rings (SSSR count). The minimum absolute atomic E-state index is 0.395. The number of benzene rings is 1. The highest BCUT2D eigenvalue weighted by Gasteiger charge is 2.35. The molecule has 0 aliphatic rings. The molecule has 106 valence electrons. The molecule has 0 unspecified atom stereocenters. The van der Waals surface area contributed by atoms with Crippen molar-refractivity contribution >= 4 is 11.6 Å². The summed E-state index contributed by atoms with van der Waals surface area (Å²) in [6.45, 7) is 3.32. The van der Waals surface area contributed by atoms with E-state index in [1.807, 2.05) is 0 Å². The first-order valence-corrected chi connectivity index (χ1v) is 5.80. The van der Waals surface area contributed by atoms with E-state index in [0.717, 1.165) is 12.1 Å². The van der Waals surface area contributed by atoms with Gasteiger partial charge in [0.2, 0.25) is 0 Å². The molecule has 4 nitrogen and oxygen atoms in total. The van der Waals surface area contributed by atoms with E-state index in [1.165, 1.54) is 12.1 Å². The van der Waals surface area contributed by atoms with Crippen molar-refractivity contribution in [2.24, 2.45) is 0 Å². The molecule has 1 heterocycles. The SMILES string of the molecule is Cc1n[nH]c(C)c1NC(=O)c1ccccc1C(F)(F)F. The van der Waals surface area contributed by atoms with Crippen molar-refractivity contribution in [3.8, 4) is 0 Å². The fourth-order valence-corrected chi connectivity index (χ4v) is 1.84. The van der Waals surface area contributed by atoms with Crippen LogP contribution >= 0.6 is 0 Å². The predicted octanol–water partition coefficient (Wildman–Crippen LogP) is 3.30. The van der Waals surface area contributed by atoms with Gasteiger partial charge in [0.1, 0.15) is 0 Å². The fourth-order valence-electron chi connectivity index (χ4n) is 1.84. The maximum Gasteiger partial charge on any atom is 0.417 e. The van der Waals surface area contributed by atoms with E-state index in [9.17, 15) is 18.0 Å². The zero-order chi connectivity index (χ0) is 14.9. The molecule has 0 saturated heterocycles. The Morgan fingerprint density at radius 2 is 1.90 bits per heavy atom. The lowest BCUT2D eigenvalue weighted by atomic mass is 10.1. The molecule has 0 spiro atoms. The lowest BCUT2D eigenvalue weighted by Gasteiger charge is -2.12. The largest absolute Gasteiger partial charge is 0.417 e. The van der Waals surface area contributed by atoms with Gasteiger partial charge >= 0.3 is 6.18 Å². The minimum atomic E-state index is -4.57. The number of nitrogens with one attached hydrogen (secondary N) is 2. The molecule has 1 amide bonds. The Hall–Kier alpha value is -2.31. The summed E-state index contributed by atoms with van der Waals surface area (Å²) in [6, 6.07) is 4.65. The first-order valence-electron chi connectivity index (χ1n) is 5.80. The Kier molecular flexibility index (Phi) is 3.52. The van der Waals surface area contributed by atoms with Crippen molar-refractivity contribution < 1.29 is 18.0 Å². The van der Waals surface area contributed by atoms with E-state index in [2.05, 4.69) is 15.5 Å². The van der Waals surface area contributed by atoms with Crippen LogP contribution in [0.5, 0.6) is 0 Å². The summed E-state index contributed by atoms with van der Waals surface area (Å²) in [7, 11) is 0. The van der Waals surface area contributed by atoms with Gasteiger partial charge in [-0.2, -0.15) is 18.3 Å². The van der Waals surface area contributed by atoms with Gasteiger partial charge in [0.05, 0.1) is 28.2 Å². The zero-order valence-electron chi connectivity index (χ0n) is 10.8. The van der Waals surface area contributed by atoms with Gasteiger partial charge in [0, 0.05) is 0 Å². The summed E-state index contributed by atoms with van der Waals surface area (Å²) >= 11 is 0. The molecular formula is C13H12F3N3O. The Morgan fingerprint density at radius 1 is 1.25 bits per heavy atom. The van der Waals surface area contributed by atoms with Gasteiger partial charge in [-0.25, -0.2) is 0 Å². The van der Waals surface area contributed by atoms with Crippen molar-refractivity contribution in [3.05, 3.63) is 46.8 Å². The average Bonchev–Trinajstić information content (AvgIpc) is 2.69. The highest BCUT2D eigenvalue weighted by Crippen LogP contribution is 2.32. The van der Waals surface area contributed by atoms with Gasteiger partial charge < -0.3 is 5.32 Å². The molecule has 0 atom stereocenters. The third-order valence-corrected chi connectivity index (χ3v) is 2.84. The number of halogens is 3. The Labute approximate surface area is 113 Å². The Balaban J connectivity index is 2.36. The first kappa shape index (κ1) is 14.1. The van der Waals surface area contributed by atoms with Crippen molar-refractivity contribution in [2.75, 3.05) is 5.32 Å². The van der Waals surface area contributed by atoms with Crippen molar-refractivity contribution in [2.45, 2.75) is 20.0 Å². The van der Waals surface area contributed by atoms with Crippen molar-refractivity contribution in [1.29, 1.82) is 0 Å². The van der Waals surface area contributed by atoms with E-state index in [4.69, 9.17) is 0 Å². The molecule has 0 radical (unpaired) electrons. The van der Waals surface area contributed by atoms with E-state index in [0.29, 0.717) is 17.1 Å². The average molecular weight is 283 g/mol. The standard InChI is InChI=1S/C13H12F3N3O/c1-7-11(8(2)19-18-7)17-12(20)9-5-3-4-6-10(9)13(14,15)16/h3-6H,1-2H3,(H,17,20)(H,18,19). The van der Waals surface area contributed by atoms with Crippen LogP contribution < -0.4 is 5.32 Å². The molecule has 2 N–H and O–H groups in total. The summed E-state index contributed by atoms with van der Waals surface area (Å²) in [4.78, 5) is 12.0. The number of carbonyl (C=O) groups is 1. The maximum absolute atomic E-state index is 12.8. The number of carbonyl (C=O) groups excluding carboxylic acids is 1. The quantitative estimate of drug-likeness (QED) is 0.888. The van der Waals surface area contributed by atoms with Crippen LogP contribution in [0.25, 0.3) is 0 Å². The van der Waals surface area contributed by atoms with Crippen LogP contribution in [-0.2, 0) is 6.18 Å². The second-order valence-corrected chi connectivity index (χ2v) is 4.31. The van der Waals surface area contributed by atoms with Crippen LogP contribution in [0.2, 0.25) is 0 Å². The molecule has 0 aliphatic carbocycles. The number of nitrogens with zero attached hydrogens (tertiary/aromatic N) is 1. The lowest BCUT2D eigenvalue weighted by molar-refractivity contribution is -0.137. The van der Waals surface area contributed by atoms with Crippen molar-refractivity contribution in [1.82, 2.24) is 10.2 Å². The number of aromatic nitrogens is 2. The maximum atomic E-state index is 12.8. The highest BCUT2D eigenvalue weighted by molar-refractivity contribution is 6.06.